The summed E-state index contributed by atoms with van der Waals surface area (Å²) in [7, 11) is 0. The molecule has 0 radical (unpaired) electrons. The van der Waals surface area contributed by atoms with E-state index < -0.39 is 11.0 Å². The Bertz CT molecular complexity index is 794. The highest BCUT2D eigenvalue weighted by molar-refractivity contribution is 6.02. The molecule has 2 aliphatic heterocycles. The van der Waals surface area contributed by atoms with E-state index in [0.717, 1.165) is 77.0 Å². The number of imide groups is 1. The molecule has 0 aromatic rings. The van der Waals surface area contributed by atoms with Crippen molar-refractivity contribution >= 4 is 11.9 Å². The van der Waals surface area contributed by atoms with E-state index in [1.165, 1.54) is 30.6 Å². The van der Waals surface area contributed by atoms with Gasteiger partial charge in [-0.25, -0.2) is 9.69 Å². The van der Waals surface area contributed by atoms with Crippen LogP contribution in [-0.2, 0) is 9.53 Å². The molecule has 4 atom stereocenters. The van der Waals surface area contributed by atoms with Crippen molar-refractivity contribution in [1.29, 1.82) is 0 Å². The first-order chi connectivity index (χ1) is 20.1. The van der Waals surface area contributed by atoms with Gasteiger partial charge >= 0.3 is 6.03 Å². The lowest BCUT2D eigenvalue weighted by molar-refractivity contribution is -0.919. The Labute approximate surface area is 257 Å². The molecule has 1 N–H and O–H groups in total. The number of ether oxygens (including phenoxy) is 1. The van der Waals surface area contributed by atoms with Gasteiger partial charge in [0.1, 0.15) is 6.54 Å². The molecule has 2 aliphatic rings. The molecule has 42 heavy (non-hydrogen) atoms. The normalized spacial score (nSPS) is 23.4. The summed E-state index contributed by atoms with van der Waals surface area (Å²) in [6.07, 6.45) is 12.2. The van der Waals surface area contributed by atoms with E-state index in [1.807, 2.05) is 18.7 Å². The monoisotopic (exact) mass is 596 g/mol. The van der Waals surface area contributed by atoms with Gasteiger partial charge in [-0.15, -0.1) is 0 Å². The van der Waals surface area contributed by atoms with Crippen LogP contribution >= 0.6 is 0 Å². The number of nitrogens with zero attached hydrogens (tertiary/aromatic N) is 4. The number of rotatable bonds is 23. The maximum Gasteiger partial charge on any atom is 0.327 e. The molecule has 9 heteroatoms. The van der Waals surface area contributed by atoms with Crippen LogP contribution in [0.2, 0.25) is 0 Å². The van der Waals surface area contributed by atoms with Crippen molar-refractivity contribution in [2.45, 2.75) is 125 Å². The molecule has 2 saturated heterocycles. The van der Waals surface area contributed by atoms with Crippen molar-refractivity contribution in [3.63, 3.8) is 0 Å². The smallest absolute Gasteiger partial charge is 0.327 e. The van der Waals surface area contributed by atoms with E-state index in [1.54, 1.807) is 4.90 Å². The highest BCUT2D eigenvalue weighted by atomic mass is 16.6. The van der Waals surface area contributed by atoms with Gasteiger partial charge in [0.2, 0.25) is 5.91 Å². The molecule has 0 spiro atoms. The zero-order valence-corrected chi connectivity index (χ0v) is 28.0. The number of hydrogen-bond donors (Lipinski definition) is 1. The average molecular weight is 597 g/mol. The summed E-state index contributed by atoms with van der Waals surface area (Å²) in [5, 5.41) is 22.8. The Hall–Kier alpha value is -1.26. The van der Waals surface area contributed by atoms with Gasteiger partial charge in [0.05, 0.1) is 19.6 Å². The molecule has 246 valence electrons. The summed E-state index contributed by atoms with van der Waals surface area (Å²) in [6.45, 7) is 18.1. The van der Waals surface area contributed by atoms with Crippen LogP contribution in [0.4, 0.5) is 4.79 Å². The lowest BCUT2D eigenvalue weighted by atomic mass is 9.77. The maximum absolute atomic E-state index is 12.6. The van der Waals surface area contributed by atoms with Crippen LogP contribution in [0.1, 0.15) is 119 Å². The number of likely N-dealkylation sites (N-methyl/N-ethyl adjacent to an activating group) is 2. The standard InChI is InChI=1S/C33H64N4O5/c1-7-28(17-13-15-20-35-21-22-37(41,12-6)32(35)40)25-29(8-2)18-24-42-23-16-14-19-33(9-3,10-4)27-36-30(38)26-34(11-5)31(36)39/h28-29,32,40H,7-27H2,1-6H3. The van der Waals surface area contributed by atoms with Crippen LogP contribution in [0.25, 0.3) is 0 Å². The molecule has 3 amide bonds. The Balaban J connectivity index is 1.62. The molecule has 0 saturated carbocycles. The minimum Gasteiger partial charge on any atom is -0.630 e. The second kappa shape index (κ2) is 18.5. The average Bonchev–Trinajstić information content (AvgIpc) is 3.45. The number of unbranched alkanes of at least 4 members (excludes halogenated alkanes) is 2. The van der Waals surface area contributed by atoms with E-state index in [0.29, 0.717) is 38.6 Å². The van der Waals surface area contributed by atoms with Crippen LogP contribution in [0, 0.1) is 22.5 Å². The second-order valence-electron chi connectivity index (χ2n) is 13.0. The Morgan fingerprint density at radius 1 is 0.976 bits per heavy atom. The van der Waals surface area contributed by atoms with Gasteiger partial charge in [0.15, 0.2) is 0 Å². The zero-order chi connectivity index (χ0) is 31.2. The van der Waals surface area contributed by atoms with Crippen molar-refractivity contribution in [2.75, 3.05) is 59.0 Å². The number of carbonyl (C=O) groups excluding carboxylic acids is 2. The van der Waals surface area contributed by atoms with Gasteiger partial charge < -0.3 is 24.6 Å². The van der Waals surface area contributed by atoms with Crippen molar-refractivity contribution in [3.8, 4) is 0 Å². The van der Waals surface area contributed by atoms with Crippen molar-refractivity contribution in [2.24, 2.45) is 17.3 Å². The molecule has 4 unspecified atom stereocenters. The number of aliphatic hydroxyl groups is 1. The van der Waals surface area contributed by atoms with Gasteiger partial charge in [0, 0.05) is 32.8 Å². The van der Waals surface area contributed by atoms with Crippen molar-refractivity contribution in [1.82, 2.24) is 14.7 Å². The Kier molecular flexibility index (Phi) is 16.3. The first-order valence-electron chi connectivity index (χ1n) is 17.3. The number of urea groups is 1. The Morgan fingerprint density at radius 2 is 1.67 bits per heavy atom. The van der Waals surface area contributed by atoms with Crippen LogP contribution in [0.5, 0.6) is 0 Å². The number of carbonyl (C=O) groups is 2. The van der Waals surface area contributed by atoms with Crippen LogP contribution in [-0.4, -0.2) is 102 Å². The number of quaternary nitrogens is 1. The van der Waals surface area contributed by atoms with Gasteiger partial charge in [-0.05, 0) is 76.0 Å². The summed E-state index contributed by atoms with van der Waals surface area (Å²) in [5.41, 5.74) is -0.0127. The molecule has 2 rings (SSSR count). The summed E-state index contributed by atoms with van der Waals surface area (Å²) in [5.74, 6) is 1.35. The van der Waals surface area contributed by atoms with E-state index in [-0.39, 0.29) is 23.9 Å². The molecule has 9 nitrogen and oxygen atoms in total. The van der Waals surface area contributed by atoms with E-state index in [2.05, 4.69) is 27.7 Å². The third-order valence-corrected chi connectivity index (χ3v) is 10.6. The lowest BCUT2D eigenvalue weighted by Crippen LogP contribution is -2.50. The minimum atomic E-state index is -0.888. The first kappa shape index (κ1) is 36.9. The molecular weight excluding hydrogens is 532 g/mol. The topological polar surface area (TPSA) is 96.4 Å². The number of aliphatic hydroxyl groups excluding tert-OH is 1. The number of hydrogen-bond acceptors (Lipinski definition) is 6. The van der Waals surface area contributed by atoms with Crippen molar-refractivity contribution < 1.29 is 24.1 Å². The number of amides is 3. The third-order valence-electron chi connectivity index (χ3n) is 10.6. The zero-order valence-electron chi connectivity index (χ0n) is 28.0. The van der Waals surface area contributed by atoms with E-state index in [4.69, 9.17) is 4.74 Å². The molecule has 0 aromatic heterocycles. The predicted octanol–water partition coefficient (Wildman–Crippen LogP) is 6.19. The number of hydroxylamine groups is 3. The third kappa shape index (κ3) is 10.4. The largest absolute Gasteiger partial charge is 0.630 e. The fraction of sp³-hybridized carbons (Fsp3) is 0.939. The molecule has 0 aromatic carbocycles. The fourth-order valence-corrected chi connectivity index (χ4v) is 6.87. The van der Waals surface area contributed by atoms with Gasteiger partial charge in [0.25, 0.3) is 6.35 Å². The van der Waals surface area contributed by atoms with E-state index >= 15 is 0 Å². The molecule has 0 bridgehead atoms. The second-order valence-corrected chi connectivity index (χ2v) is 13.0. The van der Waals surface area contributed by atoms with Crippen LogP contribution < -0.4 is 0 Å². The lowest BCUT2D eigenvalue weighted by Gasteiger charge is -2.40. The Morgan fingerprint density at radius 3 is 2.24 bits per heavy atom. The van der Waals surface area contributed by atoms with Gasteiger partial charge in [-0.2, -0.15) is 0 Å². The maximum atomic E-state index is 12.6. The molecule has 2 fully saturated rings. The first-order valence-corrected chi connectivity index (χ1v) is 17.3. The van der Waals surface area contributed by atoms with Crippen molar-refractivity contribution in [3.05, 3.63) is 5.21 Å². The highest BCUT2D eigenvalue weighted by Crippen LogP contribution is 2.35. The summed E-state index contributed by atoms with van der Waals surface area (Å²) in [4.78, 5) is 30.2. The summed E-state index contributed by atoms with van der Waals surface area (Å²) >= 11 is 0. The van der Waals surface area contributed by atoms with E-state index in [9.17, 15) is 19.9 Å². The van der Waals surface area contributed by atoms with Gasteiger partial charge in [-0.3, -0.25) is 9.69 Å². The summed E-state index contributed by atoms with van der Waals surface area (Å²) < 4.78 is 5.58. The fourth-order valence-electron chi connectivity index (χ4n) is 6.87. The van der Waals surface area contributed by atoms with Gasteiger partial charge in [-0.1, -0.05) is 59.8 Å². The molecular formula is C33H64N4O5. The van der Waals surface area contributed by atoms with Crippen LogP contribution in [0.15, 0.2) is 0 Å². The highest BCUT2D eigenvalue weighted by Gasteiger charge is 2.40. The molecule has 2 heterocycles. The SMILES string of the molecule is CCC(CCCCN1CC[N+]([O-])(CC)C1O)CC(CC)CCOCCCCC(CC)(CC)CN1C(=O)CN(CC)C1=O. The summed E-state index contributed by atoms with van der Waals surface area (Å²) in [6, 6.07) is -0.127. The quantitative estimate of drug-likeness (QED) is 0.0654. The molecule has 0 aliphatic carbocycles. The van der Waals surface area contributed by atoms with Crippen LogP contribution in [0.3, 0.4) is 0 Å². The predicted molar refractivity (Wildman–Crippen MR) is 169 cm³/mol. The minimum absolute atomic E-state index is 0.0127.